The van der Waals surface area contributed by atoms with Crippen molar-refractivity contribution in [2.75, 3.05) is 0 Å². The molecular weight excluding hydrogens is 418 g/mol. The summed E-state index contributed by atoms with van der Waals surface area (Å²) >= 11 is 6.66. The van der Waals surface area contributed by atoms with E-state index in [0.29, 0.717) is 10.7 Å². The molecular formula is C27H20ClN3O. The van der Waals surface area contributed by atoms with Crippen molar-refractivity contribution in [2.24, 2.45) is 0 Å². The second-order valence-electron chi connectivity index (χ2n) is 7.95. The van der Waals surface area contributed by atoms with E-state index in [1.807, 2.05) is 54.6 Å². The molecule has 1 N–H and O–H groups in total. The van der Waals surface area contributed by atoms with Crippen LogP contribution in [0.1, 0.15) is 19.4 Å². The highest BCUT2D eigenvalue weighted by molar-refractivity contribution is 6.35. The molecule has 0 saturated heterocycles. The van der Waals surface area contributed by atoms with E-state index < -0.39 is 0 Å². The van der Waals surface area contributed by atoms with Crippen LogP contribution in [0.4, 0.5) is 0 Å². The summed E-state index contributed by atoms with van der Waals surface area (Å²) in [6.45, 7) is 4.11. The van der Waals surface area contributed by atoms with Crippen LogP contribution in [0, 0.1) is 0 Å². The van der Waals surface area contributed by atoms with E-state index in [9.17, 15) is 4.79 Å². The number of halogens is 1. The summed E-state index contributed by atoms with van der Waals surface area (Å²) in [6.07, 6.45) is 3.87. The van der Waals surface area contributed by atoms with Crippen LogP contribution < -0.4 is 5.56 Å². The zero-order valence-corrected chi connectivity index (χ0v) is 18.4. The predicted octanol–water partition coefficient (Wildman–Crippen LogP) is 6.88. The van der Waals surface area contributed by atoms with Gasteiger partial charge in [0, 0.05) is 34.2 Å². The molecule has 0 aliphatic heterocycles. The Morgan fingerprint density at radius 1 is 0.969 bits per heavy atom. The molecule has 3 aromatic heterocycles. The third kappa shape index (κ3) is 3.59. The lowest BCUT2D eigenvalue weighted by atomic mass is 9.91. The molecule has 4 nitrogen and oxygen atoms in total. The zero-order chi connectivity index (χ0) is 22.2. The van der Waals surface area contributed by atoms with E-state index in [-0.39, 0.29) is 5.56 Å². The molecule has 5 heteroatoms. The summed E-state index contributed by atoms with van der Waals surface area (Å²) in [5.41, 5.74) is 6.92. The molecule has 2 aromatic carbocycles. The van der Waals surface area contributed by atoms with Gasteiger partial charge in [0.1, 0.15) is 5.65 Å². The van der Waals surface area contributed by atoms with Crippen LogP contribution in [0.25, 0.3) is 50.4 Å². The molecule has 0 aliphatic rings. The first-order valence-electron chi connectivity index (χ1n) is 10.3. The van der Waals surface area contributed by atoms with Gasteiger partial charge < -0.3 is 4.98 Å². The highest BCUT2D eigenvalue weighted by Gasteiger charge is 2.19. The summed E-state index contributed by atoms with van der Waals surface area (Å²) in [4.78, 5) is 24.3. The van der Waals surface area contributed by atoms with Crippen molar-refractivity contribution < 1.29 is 0 Å². The zero-order valence-electron chi connectivity index (χ0n) is 17.7. The second-order valence-corrected chi connectivity index (χ2v) is 8.36. The standard InChI is InChI=1S/C27H20ClN3O/c1-16(2)13-21-20-10-11-23(32)30-27(20)31-26(17-7-4-3-5-8-17)24(21)19-14-18-9-6-12-29-25(18)22(28)15-19/h3-15H,1-2H3,(H,30,31,32). The summed E-state index contributed by atoms with van der Waals surface area (Å²) in [6, 6.07) is 21.3. The van der Waals surface area contributed by atoms with Crippen molar-refractivity contribution in [1.29, 1.82) is 0 Å². The maximum absolute atomic E-state index is 12.1. The lowest BCUT2D eigenvalue weighted by molar-refractivity contribution is 1.23. The Kier molecular flexibility index (Phi) is 5.08. The Bertz CT molecular complexity index is 1570. The highest BCUT2D eigenvalue weighted by atomic mass is 35.5. The molecule has 0 aliphatic carbocycles. The maximum Gasteiger partial charge on any atom is 0.249 e. The second kappa shape index (κ2) is 8.06. The van der Waals surface area contributed by atoms with E-state index in [2.05, 4.69) is 36.0 Å². The van der Waals surface area contributed by atoms with Crippen LogP contribution in [-0.2, 0) is 0 Å². The number of hydrogen-bond acceptors (Lipinski definition) is 3. The van der Waals surface area contributed by atoms with Crippen molar-refractivity contribution in [2.45, 2.75) is 13.8 Å². The smallest absolute Gasteiger partial charge is 0.249 e. The highest BCUT2D eigenvalue weighted by Crippen LogP contribution is 2.40. The van der Waals surface area contributed by atoms with Crippen molar-refractivity contribution in [3.63, 3.8) is 0 Å². The summed E-state index contributed by atoms with van der Waals surface area (Å²) < 4.78 is 0. The number of fused-ring (bicyclic) bond motifs is 2. The van der Waals surface area contributed by atoms with Crippen LogP contribution in [0.2, 0.25) is 5.02 Å². The average Bonchev–Trinajstić information content (AvgIpc) is 2.79. The number of pyridine rings is 3. The molecule has 0 fully saturated rings. The third-order valence-electron chi connectivity index (χ3n) is 5.35. The molecule has 0 saturated carbocycles. The van der Waals surface area contributed by atoms with Crippen LogP contribution in [0.5, 0.6) is 0 Å². The molecule has 32 heavy (non-hydrogen) atoms. The number of benzene rings is 2. The first-order valence-corrected chi connectivity index (χ1v) is 10.7. The number of allylic oxidation sites excluding steroid dienone is 1. The molecule has 0 unspecified atom stereocenters. The third-order valence-corrected chi connectivity index (χ3v) is 5.63. The minimum absolute atomic E-state index is 0.181. The minimum Gasteiger partial charge on any atom is -0.307 e. The molecule has 0 bridgehead atoms. The molecule has 0 radical (unpaired) electrons. The van der Waals surface area contributed by atoms with Crippen LogP contribution in [0.3, 0.4) is 0 Å². The summed E-state index contributed by atoms with van der Waals surface area (Å²) in [5.74, 6) is 0. The van der Waals surface area contributed by atoms with E-state index in [1.54, 1.807) is 6.20 Å². The molecule has 5 aromatic rings. The van der Waals surface area contributed by atoms with Crippen molar-refractivity contribution in [1.82, 2.24) is 15.0 Å². The minimum atomic E-state index is -0.181. The van der Waals surface area contributed by atoms with Gasteiger partial charge in [-0.3, -0.25) is 9.78 Å². The Morgan fingerprint density at radius 3 is 2.56 bits per heavy atom. The number of nitrogens with one attached hydrogen (secondary N) is 1. The number of nitrogens with zero attached hydrogens (tertiary/aromatic N) is 2. The quantitative estimate of drug-likeness (QED) is 0.334. The van der Waals surface area contributed by atoms with Gasteiger partial charge in [-0.25, -0.2) is 4.98 Å². The fourth-order valence-electron chi connectivity index (χ4n) is 4.03. The van der Waals surface area contributed by atoms with Crippen LogP contribution in [-0.4, -0.2) is 15.0 Å². The van der Waals surface area contributed by atoms with Gasteiger partial charge in [-0.15, -0.1) is 0 Å². The van der Waals surface area contributed by atoms with E-state index in [1.165, 1.54) is 6.07 Å². The first-order chi connectivity index (χ1) is 15.5. The number of rotatable bonds is 3. The van der Waals surface area contributed by atoms with E-state index in [4.69, 9.17) is 16.6 Å². The fraction of sp³-hybridized carbons (Fsp3) is 0.0741. The molecule has 0 spiro atoms. The Balaban J connectivity index is 1.97. The molecule has 5 rings (SSSR count). The van der Waals surface area contributed by atoms with Gasteiger partial charge in [0.2, 0.25) is 5.56 Å². The van der Waals surface area contributed by atoms with Crippen molar-refractivity contribution in [3.8, 4) is 22.4 Å². The number of aromatic nitrogens is 3. The van der Waals surface area contributed by atoms with E-state index >= 15 is 0 Å². The van der Waals surface area contributed by atoms with Gasteiger partial charge in [-0.1, -0.05) is 59.6 Å². The lowest BCUT2D eigenvalue weighted by Crippen LogP contribution is -2.06. The Hall–Kier alpha value is -3.76. The summed E-state index contributed by atoms with van der Waals surface area (Å²) in [5, 5.41) is 2.42. The molecule has 0 amide bonds. The monoisotopic (exact) mass is 437 g/mol. The van der Waals surface area contributed by atoms with Crippen molar-refractivity contribution >= 4 is 39.6 Å². The topological polar surface area (TPSA) is 58.6 Å². The number of H-pyrrole nitrogens is 1. The first kappa shape index (κ1) is 20.2. The normalized spacial score (nSPS) is 11.1. The molecule has 3 heterocycles. The van der Waals surface area contributed by atoms with Gasteiger partial charge >= 0.3 is 0 Å². The van der Waals surface area contributed by atoms with Gasteiger partial charge in [-0.05, 0) is 49.2 Å². The largest absolute Gasteiger partial charge is 0.307 e. The maximum atomic E-state index is 12.1. The van der Waals surface area contributed by atoms with Crippen LogP contribution in [0.15, 0.2) is 83.3 Å². The van der Waals surface area contributed by atoms with Crippen LogP contribution >= 0.6 is 11.6 Å². The number of aromatic amines is 1. The lowest BCUT2D eigenvalue weighted by Gasteiger charge is -2.17. The predicted molar refractivity (Wildman–Crippen MR) is 133 cm³/mol. The van der Waals surface area contributed by atoms with E-state index in [0.717, 1.165) is 49.8 Å². The SMILES string of the molecule is CC(C)=Cc1c(-c2cc(Cl)c3ncccc3c2)c(-c2ccccc2)nc2[nH]c(=O)ccc12. The number of hydrogen-bond donors (Lipinski definition) is 1. The average molecular weight is 438 g/mol. The van der Waals surface area contributed by atoms with Crippen molar-refractivity contribution in [3.05, 3.63) is 99.4 Å². The fourth-order valence-corrected chi connectivity index (χ4v) is 4.30. The van der Waals surface area contributed by atoms with Gasteiger partial charge in [0.25, 0.3) is 0 Å². The summed E-state index contributed by atoms with van der Waals surface area (Å²) in [7, 11) is 0. The molecule has 156 valence electrons. The van der Waals surface area contributed by atoms with Gasteiger partial charge in [0.05, 0.1) is 16.2 Å². The molecule has 0 atom stereocenters. The Morgan fingerprint density at radius 2 is 1.78 bits per heavy atom. The van der Waals surface area contributed by atoms with Gasteiger partial charge in [0.15, 0.2) is 0 Å². The van der Waals surface area contributed by atoms with Gasteiger partial charge in [-0.2, -0.15) is 0 Å². The Labute approximate surface area is 190 Å².